The van der Waals surface area contributed by atoms with Crippen LogP contribution in [-0.4, -0.2) is 38.0 Å². The highest BCUT2D eigenvalue weighted by atomic mass is 16.2. The SMILES string of the molecule is Cc1cncc(-c2ccc(CC(=O)C(C)CC(=O)N3CCCn4nc(C)cc43)nc2)c1. The Morgan fingerprint density at radius 2 is 1.90 bits per heavy atom. The second-order valence-corrected chi connectivity index (χ2v) is 8.30. The lowest BCUT2D eigenvalue weighted by Gasteiger charge is -2.28. The summed E-state index contributed by atoms with van der Waals surface area (Å²) in [6.07, 6.45) is 6.66. The molecule has 4 heterocycles. The smallest absolute Gasteiger partial charge is 0.228 e. The molecule has 7 nitrogen and oxygen atoms in total. The van der Waals surface area contributed by atoms with Gasteiger partial charge in [0.1, 0.15) is 11.6 Å². The molecule has 1 aliphatic heterocycles. The zero-order valence-corrected chi connectivity index (χ0v) is 18.2. The topological polar surface area (TPSA) is 81.0 Å². The Hall–Kier alpha value is -3.35. The summed E-state index contributed by atoms with van der Waals surface area (Å²) in [5.74, 6) is 0.454. The summed E-state index contributed by atoms with van der Waals surface area (Å²) in [5, 5.41) is 4.43. The Morgan fingerprint density at radius 3 is 2.65 bits per heavy atom. The molecular formula is C24H27N5O2. The van der Waals surface area contributed by atoms with E-state index in [1.807, 2.05) is 49.8 Å². The fourth-order valence-electron chi connectivity index (χ4n) is 3.91. The zero-order valence-electron chi connectivity index (χ0n) is 18.2. The van der Waals surface area contributed by atoms with Gasteiger partial charge in [-0.05, 0) is 38.0 Å². The normalized spacial score (nSPS) is 14.2. The highest BCUT2D eigenvalue weighted by Gasteiger charge is 2.27. The molecule has 0 bridgehead atoms. The van der Waals surface area contributed by atoms with Crippen LogP contribution in [0, 0.1) is 19.8 Å². The summed E-state index contributed by atoms with van der Waals surface area (Å²) in [5.41, 5.74) is 4.66. The number of rotatable bonds is 6. The van der Waals surface area contributed by atoms with Gasteiger partial charge in [0.2, 0.25) is 5.91 Å². The van der Waals surface area contributed by atoms with Gasteiger partial charge in [-0.15, -0.1) is 0 Å². The Bertz CT molecular complexity index is 1100. The maximum Gasteiger partial charge on any atom is 0.228 e. The van der Waals surface area contributed by atoms with E-state index in [2.05, 4.69) is 21.1 Å². The van der Waals surface area contributed by atoms with Crippen LogP contribution in [-0.2, 0) is 22.6 Å². The van der Waals surface area contributed by atoms with Crippen molar-refractivity contribution < 1.29 is 9.59 Å². The third-order valence-corrected chi connectivity index (χ3v) is 5.63. The first-order valence-corrected chi connectivity index (χ1v) is 10.6. The molecule has 0 aromatic carbocycles. The van der Waals surface area contributed by atoms with Crippen molar-refractivity contribution in [3.8, 4) is 11.1 Å². The van der Waals surface area contributed by atoms with E-state index in [1.54, 1.807) is 17.3 Å². The molecule has 0 N–H and O–H groups in total. The monoisotopic (exact) mass is 417 g/mol. The van der Waals surface area contributed by atoms with Gasteiger partial charge in [-0.25, -0.2) is 4.68 Å². The third-order valence-electron chi connectivity index (χ3n) is 5.63. The minimum Gasteiger partial charge on any atom is -0.299 e. The molecule has 7 heteroatoms. The highest BCUT2D eigenvalue weighted by Crippen LogP contribution is 2.24. The number of ketones is 1. The average Bonchev–Trinajstić information content (AvgIpc) is 3.14. The summed E-state index contributed by atoms with van der Waals surface area (Å²) in [4.78, 5) is 36.0. The Morgan fingerprint density at radius 1 is 1.06 bits per heavy atom. The number of carbonyl (C=O) groups is 2. The molecule has 0 saturated heterocycles. The van der Waals surface area contributed by atoms with Crippen molar-refractivity contribution in [2.24, 2.45) is 5.92 Å². The van der Waals surface area contributed by atoms with Crippen molar-refractivity contribution in [2.45, 2.75) is 46.6 Å². The van der Waals surface area contributed by atoms with E-state index in [0.717, 1.165) is 41.2 Å². The van der Waals surface area contributed by atoms with Crippen LogP contribution < -0.4 is 4.90 Å². The molecule has 1 unspecified atom stereocenters. The van der Waals surface area contributed by atoms with Gasteiger partial charge in [-0.3, -0.25) is 24.5 Å². The molecule has 3 aromatic heterocycles. The molecule has 0 radical (unpaired) electrons. The molecule has 1 amide bonds. The van der Waals surface area contributed by atoms with Crippen LogP contribution in [0.1, 0.15) is 36.7 Å². The fourth-order valence-corrected chi connectivity index (χ4v) is 3.91. The first-order chi connectivity index (χ1) is 14.9. The minimum absolute atomic E-state index is 0.0209. The predicted octanol–water partition coefficient (Wildman–Crippen LogP) is 3.53. The van der Waals surface area contributed by atoms with Crippen LogP contribution in [0.15, 0.2) is 42.9 Å². The molecule has 1 atom stereocenters. The van der Waals surface area contributed by atoms with E-state index in [4.69, 9.17) is 0 Å². The lowest BCUT2D eigenvalue weighted by atomic mass is 9.97. The van der Waals surface area contributed by atoms with E-state index in [1.165, 1.54) is 0 Å². The molecule has 4 rings (SSSR count). The molecule has 3 aromatic rings. The zero-order chi connectivity index (χ0) is 22.0. The van der Waals surface area contributed by atoms with Crippen molar-refractivity contribution in [1.82, 2.24) is 19.7 Å². The fraction of sp³-hybridized carbons (Fsp3) is 0.375. The van der Waals surface area contributed by atoms with Gasteiger partial charge in [0, 0.05) is 73.3 Å². The number of aryl methyl sites for hydroxylation is 3. The van der Waals surface area contributed by atoms with Gasteiger partial charge >= 0.3 is 0 Å². The maximum absolute atomic E-state index is 12.9. The number of amides is 1. The summed E-state index contributed by atoms with van der Waals surface area (Å²) in [7, 11) is 0. The van der Waals surface area contributed by atoms with E-state index in [-0.39, 0.29) is 30.4 Å². The van der Waals surface area contributed by atoms with Gasteiger partial charge < -0.3 is 0 Å². The Kier molecular flexibility index (Phi) is 5.93. The van der Waals surface area contributed by atoms with Crippen LogP contribution in [0.25, 0.3) is 11.1 Å². The first kappa shape index (κ1) is 20.9. The van der Waals surface area contributed by atoms with Crippen molar-refractivity contribution in [1.29, 1.82) is 0 Å². The summed E-state index contributed by atoms with van der Waals surface area (Å²) in [6.45, 7) is 7.23. The number of pyridine rings is 2. The lowest BCUT2D eigenvalue weighted by Crippen LogP contribution is -2.39. The molecule has 1 aliphatic rings. The van der Waals surface area contributed by atoms with Crippen LogP contribution in [0.4, 0.5) is 5.82 Å². The summed E-state index contributed by atoms with van der Waals surface area (Å²) < 4.78 is 1.87. The summed E-state index contributed by atoms with van der Waals surface area (Å²) >= 11 is 0. The molecule has 0 fully saturated rings. The van der Waals surface area contributed by atoms with Gasteiger partial charge in [-0.1, -0.05) is 13.0 Å². The minimum atomic E-state index is -0.366. The number of aromatic nitrogens is 4. The molecule has 0 saturated carbocycles. The predicted molar refractivity (Wildman–Crippen MR) is 119 cm³/mol. The van der Waals surface area contributed by atoms with Gasteiger partial charge in [0.15, 0.2) is 0 Å². The number of hydrogen-bond donors (Lipinski definition) is 0. The lowest BCUT2D eigenvalue weighted by molar-refractivity contribution is -0.127. The molecule has 0 spiro atoms. The van der Waals surface area contributed by atoms with Gasteiger partial charge in [0.05, 0.1) is 5.69 Å². The van der Waals surface area contributed by atoms with Crippen molar-refractivity contribution in [3.63, 3.8) is 0 Å². The summed E-state index contributed by atoms with van der Waals surface area (Å²) in [6, 6.07) is 7.81. The highest BCUT2D eigenvalue weighted by molar-refractivity contribution is 5.96. The Labute approximate surface area is 182 Å². The quantitative estimate of drug-likeness (QED) is 0.613. The second-order valence-electron chi connectivity index (χ2n) is 8.30. The maximum atomic E-state index is 12.9. The van der Waals surface area contributed by atoms with Gasteiger partial charge in [-0.2, -0.15) is 5.10 Å². The number of Topliss-reactive ketones (excluding diaryl/α,β-unsaturated/α-hetero) is 1. The van der Waals surface area contributed by atoms with Crippen molar-refractivity contribution in [3.05, 3.63) is 59.8 Å². The standard InChI is InChI=1S/C24H27N5O2/c1-16-9-20(14-25-13-16)19-5-6-21(26-15-19)12-22(30)17(2)10-24(31)28-7-4-8-29-23(28)11-18(3)27-29/h5-6,9,11,13-15,17H,4,7-8,10,12H2,1-3H3. The first-order valence-electron chi connectivity index (χ1n) is 10.6. The molecule has 31 heavy (non-hydrogen) atoms. The molecule has 0 aliphatic carbocycles. The van der Waals surface area contributed by atoms with Crippen LogP contribution in [0.2, 0.25) is 0 Å². The van der Waals surface area contributed by atoms with E-state index in [0.29, 0.717) is 12.2 Å². The van der Waals surface area contributed by atoms with Crippen LogP contribution >= 0.6 is 0 Å². The third kappa shape index (κ3) is 4.71. The van der Waals surface area contributed by atoms with E-state index < -0.39 is 0 Å². The van der Waals surface area contributed by atoms with Crippen molar-refractivity contribution in [2.75, 3.05) is 11.4 Å². The largest absolute Gasteiger partial charge is 0.299 e. The van der Waals surface area contributed by atoms with Gasteiger partial charge in [0.25, 0.3) is 0 Å². The van der Waals surface area contributed by atoms with E-state index in [9.17, 15) is 9.59 Å². The second kappa shape index (κ2) is 8.79. The Balaban J connectivity index is 1.37. The van der Waals surface area contributed by atoms with E-state index >= 15 is 0 Å². The number of nitrogens with zero attached hydrogens (tertiary/aromatic N) is 5. The van der Waals surface area contributed by atoms with Crippen molar-refractivity contribution >= 4 is 17.5 Å². The van der Waals surface area contributed by atoms with Crippen LogP contribution in [0.3, 0.4) is 0 Å². The number of hydrogen-bond acceptors (Lipinski definition) is 5. The number of anilines is 1. The number of fused-ring (bicyclic) bond motifs is 1. The molecule has 160 valence electrons. The number of carbonyl (C=O) groups excluding carboxylic acids is 2. The average molecular weight is 418 g/mol. The van der Waals surface area contributed by atoms with Crippen LogP contribution in [0.5, 0.6) is 0 Å². The molecular weight excluding hydrogens is 390 g/mol.